The molecule has 0 saturated carbocycles. The van der Waals surface area contributed by atoms with E-state index in [9.17, 15) is 4.79 Å². The van der Waals surface area contributed by atoms with Gasteiger partial charge in [-0.2, -0.15) is 0 Å². The van der Waals surface area contributed by atoms with Crippen molar-refractivity contribution in [3.8, 4) is 11.8 Å². The third-order valence-electron chi connectivity index (χ3n) is 2.98. The first-order chi connectivity index (χ1) is 9.09. The lowest BCUT2D eigenvalue weighted by atomic mass is 10.00. The number of carbonyl (C=O) groups is 1. The predicted octanol–water partition coefficient (Wildman–Crippen LogP) is 2.82. The van der Waals surface area contributed by atoms with Gasteiger partial charge >= 0.3 is 0 Å². The zero-order valence-corrected chi connectivity index (χ0v) is 11.1. The van der Waals surface area contributed by atoms with Crippen molar-refractivity contribution in [3.05, 3.63) is 59.7 Å². The Bertz CT molecular complexity index is 581. The van der Waals surface area contributed by atoms with E-state index in [0.717, 1.165) is 11.1 Å². The zero-order valence-electron chi connectivity index (χ0n) is 11.1. The summed E-state index contributed by atoms with van der Waals surface area (Å²) in [6.07, 6.45) is 6.55. The summed E-state index contributed by atoms with van der Waals surface area (Å²) in [5, 5.41) is 0. The molecule has 0 aliphatic heterocycles. The van der Waals surface area contributed by atoms with Crippen LogP contribution in [0.5, 0.6) is 0 Å². The topological polar surface area (TPSA) is 26.3 Å². The fraction of sp³-hybridized carbons (Fsp3) is 0.235. The Hall–Kier alpha value is -2.11. The zero-order chi connectivity index (χ0) is 13.7. The second-order valence-electron chi connectivity index (χ2n) is 4.66. The van der Waals surface area contributed by atoms with Gasteiger partial charge in [-0.1, -0.05) is 30.0 Å². The van der Waals surface area contributed by atoms with Crippen LogP contribution >= 0.6 is 0 Å². The molecule has 0 unspecified atom stereocenters. The number of rotatable bonds is 2. The van der Waals surface area contributed by atoms with E-state index < -0.39 is 5.60 Å². The van der Waals surface area contributed by atoms with Crippen LogP contribution in [0.1, 0.15) is 18.1 Å². The highest BCUT2D eigenvalue weighted by Crippen LogP contribution is 2.17. The van der Waals surface area contributed by atoms with Gasteiger partial charge in [0.1, 0.15) is 12.2 Å². The normalized spacial score (nSPS) is 16.0. The van der Waals surface area contributed by atoms with E-state index >= 15 is 0 Å². The lowest BCUT2D eigenvalue weighted by Gasteiger charge is -2.22. The molecule has 1 aromatic carbocycles. The van der Waals surface area contributed by atoms with Crippen LogP contribution in [0.25, 0.3) is 0 Å². The highest BCUT2D eigenvalue weighted by atomic mass is 16.5. The van der Waals surface area contributed by atoms with E-state index in [4.69, 9.17) is 4.74 Å². The Morgan fingerprint density at radius 1 is 1.21 bits per heavy atom. The van der Waals surface area contributed by atoms with Gasteiger partial charge in [0.05, 0.1) is 0 Å². The summed E-state index contributed by atoms with van der Waals surface area (Å²) in [5.41, 5.74) is 1.64. The number of carbonyl (C=O) groups excluding carboxylic acids is 1. The van der Waals surface area contributed by atoms with E-state index in [1.54, 1.807) is 12.2 Å². The molecule has 0 spiro atoms. The summed E-state index contributed by atoms with van der Waals surface area (Å²) in [6.45, 7) is 4.26. The minimum atomic E-state index is -0.533. The molecular formula is C17H16O2. The van der Waals surface area contributed by atoms with Gasteiger partial charge in [0.25, 0.3) is 0 Å². The molecule has 2 nitrogen and oxygen atoms in total. The quantitative estimate of drug-likeness (QED) is 0.757. The van der Waals surface area contributed by atoms with Crippen LogP contribution in [0.4, 0.5) is 0 Å². The number of allylic oxidation sites excluding steroid dienone is 2. The van der Waals surface area contributed by atoms with Crippen molar-refractivity contribution in [2.45, 2.75) is 19.4 Å². The molecule has 1 aliphatic rings. The monoisotopic (exact) mass is 252 g/mol. The van der Waals surface area contributed by atoms with E-state index in [2.05, 4.69) is 11.8 Å². The molecule has 1 aromatic rings. The molecule has 0 aromatic heterocycles. The van der Waals surface area contributed by atoms with Gasteiger partial charge in [0.15, 0.2) is 5.78 Å². The van der Waals surface area contributed by atoms with Crippen molar-refractivity contribution in [1.29, 1.82) is 0 Å². The van der Waals surface area contributed by atoms with Crippen molar-refractivity contribution < 1.29 is 9.53 Å². The number of aryl methyl sites for hydroxylation is 1. The fourth-order valence-corrected chi connectivity index (χ4v) is 1.74. The van der Waals surface area contributed by atoms with Crippen molar-refractivity contribution in [2.24, 2.45) is 0 Å². The lowest BCUT2D eigenvalue weighted by molar-refractivity contribution is -0.110. The molecule has 2 heteroatoms. The van der Waals surface area contributed by atoms with Gasteiger partial charge in [0.2, 0.25) is 0 Å². The van der Waals surface area contributed by atoms with Gasteiger partial charge < -0.3 is 4.74 Å². The van der Waals surface area contributed by atoms with Crippen LogP contribution in [0, 0.1) is 18.8 Å². The van der Waals surface area contributed by atoms with Crippen LogP contribution in [0.15, 0.2) is 48.6 Å². The summed E-state index contributed by atoms with van der Waals surface area (Å²) in [4.78, 5) is 11.0. The molecule has 0 N–H and O–H groups in total. The molecule has 96 valence electrons. The summed E-state index contributed by atoms with van der Waals surface area (Å²) in [7, 11) is 0. The van der Waals surface area contributed by atoms with Crippen LogP contribution in [0.3, 0.4) is 0 Å². The summed E-state index contributed by atoms with van der Waals surface area (Å²) < 4.78 is 5.68. The number of benzene rings is 1. The first kappa shape index (κ1) is 13.3. The van der Waals surface area contributed by atoms with Gasteiger partial charge in [-0.05, 0) is 49.8 Å². The van der Waals surface area contributed by atoms with Crippen LogP contribution < -0.4 is 0 Å². The van der Waals surface area contributed by atoms with Crippen molar-refractivity contribution in [3.63, 3.8) is 0 Å². The summed E-state index contributed by atoms with van der Waals surface area (Å²) in [5.74, 6) is 6.08. The minimum Gasteiger partial charge on any atom is -0.354 e. The molecule has 2 rings (SSSR count). The Morgan fingerprint density at radius 3 is 2.58 bits per heavy atom. The maximum atomic E-state index is 11.0. The first-order valence-corrected chi connectivity index (χ1v) is 6.20. The molecular weight excluding hydrogens is 236 g/mol. The van der Waals surface area contributed by atoms with Gasteiger partial charge in [-0.3, -0.25) is 4.79 Å². The van der Waals surface area contributed by atoms with Crippen molar-refractivity contribution in [2.75, 3.05) is 6.61 Å². The third-order valence-corrected chi connectivity index (χ3v) is 2.98. The van der Waals surface area contributed by atoms with Crippen LogP contribution in [-0.2, 0) is 9.53 Å². The minimum absolute atomic E-state index is 0.00734. The second-order valence-corrected chi connectivity index (χ2v) is 4.66. The Kier molecular flexibility index (Phi) is 3.99. The molecule has 0 amide bonds. The number of hydrogen-bond donors (Lipinski definition) is 0. The van der Waals surface area contributed by atoms with Gasteiger partial charge in [-0.15, -0.1) is 0 Å². The molecule has 0 radical (unpaired) electrons. The fourth-order valence-electron chi connectivity index (χ4n) is 1.74. The molecule has 0 atom stereocenters. The van der Waals surface area contributed by atoms with Gasteiger partial charge in [-0.25, -0.2) is 0 Å². The highest BCUT2D eigenvalue weighted by Gasteiger charge is 2.20. The number of hydrogen-bond acceptors (Lipinski definition) is 2. The van der Waals surface area contributed by atoms with E-state index in [-0.39, 0.29) is 5.78 Å². The predicted molar refractivity (Wildman–Crippen MR) is 75.7 cm³/mol. The molecule has 0 bridgehead atoms. The SMILES string of the molecule is Cc1ccccc1C#CCOC1(C)C=CC(=O)C=C1. The highest BCUT2D eigenvalue weighted by molar-refractivity contribution is 6.00. The second kappa shape index (κ2) is 5.69. The van der Waals surface area contributed by atoms with Crippen LogP contribution in [0.2, 0.25) is 0 Å². The maximum Gasteiger partial charge on any atom is 0.178 e. The summed E-state index contributed by atoms with van der Waals surface area (Å²) >= 11 is 0. The van der Waals surface area contributed by atoms with E-state index in [1.165, 1.54) is 12.2 Å². The Balaban J connectivity index is 1.95. The van der Waals surface area contributed by atoms with Crippen molar-refractivity contribution in [1.82, 2.24) is 0 Å². The largest absolute Gasteiger partial charge is 0.354 e. The molecule has 0 fully saturated rings. The third kappa shape index (κ3) is 3.67. The molecule has 0 saturated heterocycles. The number of ether oxygens (including phenoxy) is 1. The van der Waals surface area contributed by atoms with Crippen LogP contribution in [-0.4, -0.2) is 18.0 Å². The van der Waals surface area contributed by atoms with Gasteiger partial charge in [0, 0.05) is 5.56 Å². The van der Waals surface area contributed by atoms with E-state index in [1.807, 2.05) is 38.1 Å². The lowest BCUT2D eigenvalue weighted by Crippen LogP contribution is -2.26. The Morgan fingerprint density at radius 2 is 1.89 bits per heavy atom. The molecule has 19 heavy (non-hydrogen) atoms. The van der Waals surface area contributed by atoms with Crippen molar-refractivity contribution >= 4 is 5.78 Å². The average molecular weight is 252 g/mol. The first-order valence-electron chi connectivity index (χ1n) is 6.20. The summed E-state index contributed by atoms with van der Waals surface area (Å²) in [6, 6.07) is 7.98. The number of ketones is 1. The molecule has 1 aliphatic carbocycles. The molecule has 0 heterocycles. The maximum absolute atomic E-state index is 11.0. The van der Waals surface area contributed by atoms with E-state index in [0.29, 0.717) is 6.61 Å². The average Bonchev–Trinajstić information content (AvgIpc) is 2.41. The smallest absolute Gasteiger partial charge is 0.178 e. The Labute approximate surface area is 113 Å². The standard InChI is InChI=1S/C17H16O2/c1-14-6-3-4-7-15(14)8-5-13-19-17(2)11-9-16(18)10-12-17/h3-4,6-7,9-12H,13H2,1-2H3.